The van der Waals surface area contributed by atoms with E-state index in [0.29, 0.717) is 13.2 Å². The van der Waals surface area contributed by atoms with Crippen LogP contribution in [0.2, 0.25) is 6.55 Å². The van der Waals surface area contributed by atoms with Crippen molar-refractivity contribution in [1.82, 2.24) is 9.13 Å². The molecule has 1 aromatic carbocycles. The van der Waals surface area contributed by atoms with Gasteiger partial charge >= 0.3 is 8.56 Å². The van der Waals surface area contributed by atoms with Crippen LogP contribution in [0, 0.1) is 0 Å². The number of benzene rings is 1. The van der Waals surface area contributed by atoms with E-state index in [0.717, 1.165) is 26.2 Å². The fourth-order valence-corrected chi connectivity index (χ4v) is 11.9. The lowest BCUT2D eigenvalue weighted by atomic mass is 10.4. The highest BCUT2D eigenvalue weighted by Gasteiger charge is 2.44. The van der Waals surface area contributed by atoms with Crippen LogP contribution in [-0.4, -0.2) is 65.5 Å². The predicted octanol–water partition coefficient (Wildman–Crippen LogP) is 3.80. The molecule has 4 nitrogen and oxygen atoms in total. The van der Waals surface area contributed by atoms with Gasteiger partial charge in [-0.15, -0.1) is 0 Å². The molecule has 6 heteroatoms. The molecule has 0 aliphatic rings. The topological polar surface area (TPSA) is 24.9 Å². The summed E-state index contributed by atoms with van der Waals surface area (Å²) in [6.07, 6.45) is 0. The van der Waals surface area contributed by atoms with Gasteiger partial charge in [0.25, 0.3) is 8.40 Å². The van der Waals surface area contributed by atoms with Gasteiger partial charge in [0.15, 0.2) is 0 Å². The normalized spacial score (nSPS) is 13.2. The third kappa shape index (κ3) is 5.85. The van der Waals surface area contributed by atoms with Crippen molar-refractivity contribution in [2.75, 3.05) is 39.4 Å². The Kier molecular flexibility index (Phi) is 10.7. The van der Waals surface area contributed by atoms with E-state index in [1.807, 2.05) is 0 Å². The van der Waals surface area contributed by atoms with Crippen LogP contribution in [0.25, 0.3) is 0 Å². The lowest BCUT2D eigenvalue weighted by molar-refractivity contribution is 0.201. The lowest BCUT2D eigenvalue weighted by Crippen LogP contribution is -2.72. The molecular weight excluding hydrogens is 368 g/mol. The van der Waals surface area contributed by atoms with Gasteiger partial charge in [-0.1, -0.05) is 63.7 Å². The summed E-state index contributed by atoms with van der Waals surface area (Å²) in [4.78, 5) is 0. The fraction of sp³-hybridized carbons (Fsp3) is 0.619. The summed E-state index contributed by atoms with van der Waals surface area (Å²) in [7, 11) is -4.57. The van der Waals surface area contributed by atoms with Gasteiger partial charge in [-0.2, -0.15) is 0 Å². The molecule has 0 aliphatic carbocycles. The van der Waals surface area contributed by atoms with E-state index in [2.05, 4.69) is 99.0 Å². The Morgan fingerprint density at radius 3 is 1.56 bits per heavy atom. The molecule has 0 fully saturated rings. The Balaban J connectivity index is 3.61. The summed E-state index contributed by atoms with van der Waals surface area (Å²) in [6, 6.07) is 11.0. The van der Waals surface area contributed by atoms with Gasteiger partial charge in [0.05, 0.1) is 0 Å². The SMILES string of the molecule is CCO[Si](C)(C=C[Si](c1ccccc1)(N(CC)CC)N(CC)CC)OCC. The summed E-state index contributed by atoms with van der Waals surface area (Å²) in [5.41, 5.74) is 4.79. The second kappa shape index (κ2) is 11.9. The first-order chi connectivity index (χ1) is 13.0. The second-order valence-electron chi connectivity index (χ2n) is 6.65. The first kappa shape index (κ1) is 24.3. The Bertz CT molecular complexity index is 528. The summed E-state index contributed by atoms with van der Waals surface area (Å²) in [5, 5.41) is 1.43. The van der Waals surface area contributed by atoms with Crippen LogP contribution in [0.4, 0.5) is 0 Å². The molecule has 154 valence electrons. The van der Waals surface area contributed by atoms with Gasteiger partial charge in [-0.05, 0) is 57.5 Å². The minimum atomic E-state index is -2.33. The van der Waals surface area contributed by atoms with Crippen LogP contribution < -0.4 is 5.19 Å². The van der Waals surface area contributed by atoms with Crippen LogP contribution >= 0.6 is 0 Å². The number of nitrogens with zero attached hydrogens (tertiary/aromatic N) is 2. The molecule has 0 amide bonds. The van der Waals surface area contributed by atoms with Gasteiger partial charge in [0, 0.05) is 13.2 Å². The molecule has 0 heterocycles. The molecule has 0 aliphatic heterocycles. The van der Waals surface area contributed by atoms with E-state index in [1.165, 1.54) is 5.19 Å². The highest BCUT2D eigenvalue weighted by molar-refractivity contribution is 6.92. The number of hydrogen-bond acceptors (Lipinski definition) is 4. The average molecular weight is 409 g/mol. The fourth-order valence-electron chi connectivity index (χ4n) is 3.95. The van der Waals surface area contributed by atoms with Crippen LogP contribution in [0.15, 0.2) is 41.7 Å². The Morgan fingerprint density at radius 1 is 0.741 bits per heavy atom. The van der Waals surface area contributed by atoms with E-state index in [-0.39, 0.29) is 0 Å². The van der Waals surface area contributed by atoms with Crippen molar-refractivity contribution < 1.29 is 8.85 Å². The van der Waals surface area contributed by atoms with Crippen LogP contribution in [0.5, 0.6) is 0 Å². The Labute approximate surface area is 169 Å². The van der Waals surface area contributed by atoms with Gasteiger partial charge in [0.1, 0.15) is 0 Å². The average Bonchev–Trinajstić information content (AvgIpc) is 2.68. The summed E-state index contributed by atoms with van der Waals surface area (Å²) in [6.45, 7) is 20.8. The highest BCUT2D eigenvalue weighted by atomic mass is 28.4. The molecule has 0 N–H and O–H groups in total. The first-order valence-corrected chi connectivity index (χ1v) is 14.9. The maximum absolute atomic E-state index is 6.11. The van der Waals surface area contributed by atoms with E-state index < -0.39 is 17.0 Å². The van der Waals surface area contributed by atoms with Crippen molar-refractivity contribution in [3.8, 4) is 0 Å². The Hall–Kier alpha value is -0.766. The second-order valence-corrected chi connectivity index (χ2v) is 13.2. The van der Waals surface area contributed by atoms with Crippen molar-refractivity contribution >= 4 is 22.1 Å². The largest absolute Gasteiger partial charge is 0.392 e. The molecule has 27 heavy (non-hydrogen) atoms. The third-order valence-corrected chi connectivity index (χ3v) is 13.0. The van der Waals surface area contributed by atoms with E-state index >= 15 is 0 Å². The molecule has 0 spiro atoms. The molecule has 0 radical (unpaired) electrons. The minimum absolute atomic E-state index is 0.684. The third-order valence-electron chi connectivity index (χ3n) is 5.17. The zero-order valence-corrected chi connectivity index (χ0v) is 20.5. The predicted molar refractivity (Wildman–Crippen MR) is 122 cm³/mol. The molecule has 1 rings (SSSR count). The van der Waals surface area contributed by atoms with Crippen molar-refractivity contribution in [3.05, 3.63) is 41.7 Å². The molecular formula is C21H40N2O2Si2. The maximum atomic E-state index is 6.11. The molecule has 0 unspecified atom stereocenters. The first-order valence-electron chi connectivity index (χ1n) is 10.5. The maximum Gasteiger partial charge on any atom is 0.361 e. The Morgan fingerprint density at radius 2 is 1.19 bits per heavy atom. The van der Waals surface area contributed by atoms with Crippen LogP contribution in [-0.2, 0) is 8.85 Å². The van der Waals surface area contributed by atoms with Crippen molar-refractivity contribution in [2.24, 2.45) is 0 Å². The van der Waals surface area contributed by atoms with Gasteiger partial charge in [-0.25, -0.2) is 0 Å². The van der Waals surface area contributed by atoms with Crippen molar-refractivity contribution in [3.63, 3.8) is 0 Å². The highest BCUT2D eigenvalue weighted by Crippen LogP contribution is 2.21. The summed E-state index contributed by atoms with van der Waals surface area (Å²) >= 11 is 0. The van der Waals surface area contributed by atoms with E-state index in [1.54, 1.807) is 0 Å². The molecule has 0 saturated carbocycles. The van der Waals surface area contributed by atoms with Crippen LogP contribution in [0.1, 0.15) is 41.5 Å². The molecule has 1 aromatic rings. The summed E-state index contributed by atoms with van der Waals surface area (Å²) in [5.74, 6) is 0. The van der Waals surface area contributed by atoms with E-state index in [4.69, 9.17) is 8.85 Å². The van der Waals surface area contributed by atoms with Crippen molar-refractivity contribution in [2.45, 2.75) is 48.1 Å². The van der Waals surface area contributed by atoms with Crippen LogP contribution in [0.3, 0.4) is 0 Å². The molecule has 0 bridgehead atoms. The monoisotopic (exact) mass is 408 g/mol. The lowest BCUT2D eigenvalue weighted by Gasteiger charge is -2.47. The molecule has 0 aromatic heterocycles. The van der Waals surface area contributed by atoms with Gasteiger partial charge < -0.3 is 18.0 Å². The van der Waals surface area contributed by atoms with Gasteiger partial charge in [0.2, 0.25) is 0 Å². The van der Waals surface area contributed by atoms with E-state index in [9.17, 15) is 0 Å². The zero-order valence-electron chi connectivity index (χ0n) is 18.5. The summed E-state index contributed by atoms with van der Waals surface area (Å²) < 4.78 is 17.6. The van der Waals surface area contributed by atoms with Crippen molar-refractivity contribution in [1.29, 1.82) is 0 Å². The smallest absolute Gasteiger partial charge is 0.361 e. The van der Waals surface area contributed by atoms with Gasteiger partial charge in [-0.3, -0.25) is 0 Å². The standard InChI is InChI=1S/C21H40N2O2Si2/c1-8-22(9-2)27(23(10-3)11-4,21-17-15-14-16-18-21)20-19-26(7,24-12-5)25-13-6/h14-20H,8-13H2,1-7H3. The zero-order chi connectivity index (χ0) is 20.3. The minimum Gasteiger partial charge on any atom is -0.392 e. The molecule has 0 saturated heterocycles. The quantitative estimate of drug-likeness (QED) is 0.464. The number of rotatable bonds is 13. The molecule has 0 atom stereocenters. The number of hydrogen-bond donors (Lipinski definition) is 0.